The van der Waals surface area contributed by atoms with Crippen LogP contribution in [0.25, 0.3) is 0 Å². The van der Waals surface area contributed by atoms with Crippen molar-refractivity contribution < 1.29 is 9.53 Å². The molecule has 3 fully saturated rings. The van der Waals surface area contributed by atoms with Crippen LogP contribution in [-0.4, -0.2) is 49.2 Å². The molecule has 0 aromatic rings. The molecule has 0 aromatic carbocycles. The van der Waals surface area contributed by atoms with Crippen molar-refractivity contribution in [2.45, 2.75) is 76.2 Å². The number of likely N-dealkylation sites (tertiary alicyclic amines) is 1. The third-order valence-corrected chi connectivity index (χ3v) is 6.16. The number of amides is 1. The summed E-state index contributed by atoms with van der Waals surface area (Å²) in [5.41, 5.74) is -0.193. The Morgan fingerprint density at radius 2 is 1.78 bits per heavy atom. The second kappa shape index (κ2) is 8.48. The highest BCUT2D eigenvalue weighted by molar-refractivity contribution is 5.86. The van der Waals surface area contributed by atoms with Crippen LogP contribution < -0.4 is 5.32 Å². The quantitative estimate of drug-likeness (QED) is 0.845. The zero-order valence-corrected chi connectivity index (χ0v) is 14.7. The van der Waals surface area contributed by atoms with E-state index < -0.39 is 0 Å². The molecule has 3 aliphatic rings. The number of hydrogen-bond acceptors (Lipinski definition) is 3. The van der Waals surface area contributed by atoms with Crippen molar-refractivity contribution in [1.82, 2.24) is 10.2 Å². The van der Waals surface area contributed by atoms with E-state index in [9.17, 15) is 4.79 Å². The van der Waals surface area contributed by atoms with Gasteiger partial charge in [0.1, 0.15) is 5.54 Å². The van der Waals surface area contributed by atoms with Crippen LogP contribution in [0, 0.1) is 5.92 Å². The molecule has 1 N–H and O–H groups in total. The van der Waals surface area contributed by atoms with Crippen LogP contribution in [0.3, 0.4) is 0 Å². The number of carbonyl (C=O) groups is 1. The molecule has 0 unspecified atom stereocenters. The van der Waals surface area contributed by atoms with Gasteiger partial charge in [-0.2, -0.15) is 0 Å². The average molecular weight is 322 g/mol. The van der Waals surface area contributed by atoms with Crippen LogP contribution in [-0.2, 0) is 9.53 Å². The minimum Gasteiger partial charge on any atom is -0.381 e. The summed E-state index contributed by atoms with van der Waals surface area (Å²) in [6.07, 6.45) is 13.2. The standard InChI is InChI=1S/C19H34N2O2/c22-18(20-12-9-17-8-7-15-23-16-17)19(10-3-1-4-11-19)21-13-5-2-6-14-21/h17H,1-16H2,(H,20,22)/t17-/m0/s1. The molecule has 2 aliphatic heterocycles. The van der Waals surface area contributed by atoms with E-state index in [-0.39, 0.29) is 5.54 Å². The summed E-state index contributed by atoms with van der Waals surface area (Å²) in [5.74, 6) is 0.956. The number of hydrogen-bond donors (Lipinski definition) is 1. The molecule has 2 heterocycles. The first-order valence-electron chi connectivity index (χ1n) is 9.92. The van der Waals surface area contributed by atoms with Gasteiger partial charge in [0.05, 0.1) is 0 Å². The molecule has 1 atom stereocenters. The van der Waals surface area contributed by atoms with Crippen molar-refractivity contribution in [2.24, 2.45) is 5.92 Å². The van der Waals surface area contributed by atoms with Crippen LogP contribution >= 0.6 is 0 Å². The van der Waals surface area contributed by atoms with Crippen molar-refractivity contribution in [3.05, 3.63) is 0 Å². The first-order valence-corrected chi connectivity index (χ1v) is 9.92. The van der Waals surface area contributed by atoms with Crippen molar-refractivity contribution >= 4 is 5.91 Å². The van der Waals surface area contributed by atoms with Gasteiger partial charge < -0.3 is 10.1 Å². The summed E-state index contributed by atoms with van der Waals surface area (Å²) in [4.78, 5) is 15.6. The number of nitrogens with one attached hydrogen (secondary N) is 1. The van der Waals surface area contributed by atoms with Gasteiger partial charge in [-0.3, -0.25) is 9.69 Å². The Bertz CT molecular complexity index is 368. The smallest absolute Gasteiger partial charge is 0.240 e. The predicted octanol–water partition coefficient (Wildman–Crippen LogP) is 3.11. The first-order chi connectivity index (χ1) is 11.3. The highest BCUT2D eigenvalue weighted by Crippen LogP contribution is 2.35. The third kappa shape index (κ3) is 4.27. The highest BCUT2D eigenvalue weighted by Gasteiger charge is 2.44. The Morgan fingerprint density at radius 3 is 2.48 bits per heavy atom. The lowest BCUT2D eigenvalue weighted by Gasteiger charge is -2.46. The molecule has 0 aromatic heterocycles. The molecular formula is C19H34N2O2. The summed E-state index contributed by atoms with van der Waals surface area (Å²) in [5, 5.41) is 3.30. The maximum absolute atomic E-state index is 13.1. The van der Waals surface area contributed by atoms with Crippen LogP contribution in [0.4, 0.5) is 0 Å². The van der Waals surface area contributed by atoms with E-state index in [0.29, 0.717) is 11.8 Å². The maximum Gasteiger partial charge on any atom is 0.240 e. The van der Waals surface area contributed by atoms with E-state index in [1.54, 1.807) is 0 Å². The van der Waals surface area contributed by atoms with Gasteiger partial charge in [-0.15, -0.1) is 0 Å². The number of ether oxygens (including phenoxy) is 1. The van der Waals surface area contributed by atoms with Crippen LogP contribution in [0.2, 0.25) is 0 Å². The molecule has 2 saturated heterocycles. The zero-order valence-electron chi connectivity index (χ0n) is 14.7. The summed E-state index contributed by atoms with van der Waals surface area (Å²) >= 11 is 0. The van der Waals surface area contributed by atoms with Crippen LogP contribution in [0.1, 0.15) is 70.6 Å². The van der Waals surface area contributed by atoms with Gasteiger partial charge in [0.25, 0.3) is 0 Å². The molecule has 23 heavy (non-hydrogen) atoms. The lowest BCUT2D eigenvalue weighted by atomic mass is 9.78. The fourth-order valence-corrected chi connectivity index (χ4v) is 4.73. The normalized spacial score (nSPS) is 29.1. The van der Waals surface area contributed by atoms with E-state index in [1.807, 2.05) is 0 Å². The number of nitrogens with zero attached hydrogens (tertiary/aromatic N) is 1. The lowest BCUT2D eigenvalue weighted by Crippen LogP contribution is -2.61. The summed E-state index contributed by atoms with van der Waals surface area (Å²) in [6.45, 7) is 4.85. The first kappa shape index (κ1) is 17.2. The Balaban J connectivity index is 1.54. The van der Waals surface area contributed by atoms with E-state index in [4.69, 9.17) is 4.74 Å². The van der Waals surface area contributed by atoms with Crippen molar-refractivity contribution in [3.8, 4) is 0 Å². The summed E-state index contributed by atoms with van der Waals surface area (Å²) in [6, 6.07) is 0. The van der Waals surface area contributed by atoms with E-state index >= 15 is 0 Å². The molecule has 1 amide bonds. The highest BCUT2D eigenvalue weighted by atomic mass is 16.5. The van der Waals surface area contributed by atoms with Gasteiger partial charge in [0, 0.05) is 19.8 Å². The summed E-state index contributed by atoms with van der Waals surface area (Å²) < 4.78 is 5.55. The van der Waals surface area contributed by atoms with Gasteiger partial charge in [-0.25, -0.2) is 0 Å². The Morgan fingerprint density at radius 1 is 1.04 bits per heavy atom. The largest absolute Gasteiger partial charge is 0.381 e. The Hall–Kier alpha value is -0.610. The molecule has 0 radical (unpaired) electrons. The Kier molecular flexibility index (Phi) is 6.35. The zero-order chi connectivity index (χ0) is 16.0. The van der Waals surface area contributed by atoms with Gasteiger partial charge >= 0.3 is 0 Å². The molecule has 132 valence electrons. The number of piperidine rings is 1. The molecule has 1 saturated carbocycles. The number of rotatable bonds is 5. The van der Waals surface area contributed by atoms with Crippen molar-refractivity contribution in [1.29, 1.82) is 0 Å². The summed E-state index contributed by atoms with van der Waals surface area (Å²) in [7, 11) is 0. The van der Waals surface area contributed by atoms with Crippen molar-refractivity contribution in [2.75, 3.05) is 32.8 Å². The lowest BCUT2D eigenvalue weighted by molar-refractivity contribution is -0.137. The monoisotopic (exact) mass is 322 g/mol. The van der Waals surface area contributed by atoms with E-state index in [1.165, 1.54) is 51.4 Å². The van der Waals surface area contributed by atoms with Crippen molar-refractivity contribution in [3.63, 3.8) is 0 Å². The van der Waals surface area contributed by atoms with Gasteiger partial charge in [-0.1, -0.05) is 25.7 Å². The fraction of sp³-hybridized carbons (Fsp3) is 0.947. The predicted molar refractivity (Wildman–Crippen MR) is 92.4 cm³/mol. The topological polar surface area (TPSA) is 41.6 Å². The minimum atomic E-state index is -0.193. The molecule has 3 rings (SSSR count). The Labute approximate surface area is 141 Å². The SMILES string of the molecule is O=C(NCC[C@@H]1CCCOC1)C1(N2CCCCC2)CCCCC1. The van der Waals surface area contributed by atoms with Crippen LogP contribution in [0.5, 0.6) is 0 Å². The fourth-order valence-electron chi connectivity index (χ4n) is 4.73. The molecule has 0 bridgehead atoms. The molecule has 0 spiro atoms. The van der Waals surface area contributed by atoms with Gasteiger partial charge in [0.15, 0.2) is 0 Å². The van der Waals surface area contributed by atoms with E-state index in [0.717, 1.165) is 52.1 Å². The average Bonchev–Trinajstić information content (AvgIpc) is 2.64. The van der Waals surface area contributed by atoms with Gasteiger partial charge in [-0.05, 0) is 64.0 Å². The number of carbonyl (C=O) groups excluding carboxylic acids is 1. The van der Waals surface area contributed by atoms with Crippen LogP contribution in [0.15, 0.2) is 0 Å². The maximum atomic E-state index is 13.1. The second-order valence-electron chi connectivity index (χ2n) is 7.77. The molecule has 4 heteroatoms. The molecule has 4 nitrogen and oxygen atoms in total. The molecular weight excluding hydrogens is 288 g/mol. The molecule has 1 aliphatic carbocycles. The van der Waals surface area contributed by atoms with E-state index in [2.05, 4.69) is 10.2 Å². The second-order valence-corrected chi connectivity index (χ2v) is 7.77. The minimum absolute atomic E-state index is 0.193. The third-order valence-electron chi connectivity index (χ3n) is 6.16. The van der Waals surface area contributed by atoms with Gasteiger partial charge in [0.2, 0.25) is 5.91 Å².